The van der Waals surface area contributed by atoms with Crippen LogP contribution in [0, 0.1) is 5.92 Å². The number of hydrogen-bond acceptors (Lipinski definition) is 3. The van der Waals surface area contributed by atoms with E-state index in [0.717, 1.165) is 19.3 Å². The zero-order valence-electron chi connectivity index (χ0n) is 10.5. The van der Waals surface area contributed by atoms with Crippen molar-refractivity contribution in [1.82, 2.24) is 5.32 Å². The highest BCUT2D eigenvalue weighted by Crippen LogP contribution is 2.34. The molecule has 0 heterocycles. The molecule has 1 fully saturated rings. The van der Waals surface area contributed by atoms with Gasteiger partial charge in [-0.2, -0.15) is 0 Å². The summed E-state index contributed by atoms with van der Waals surface area (Å²) >= 11 is 0. The van der Waals surface area contributed by atoms with Crippen LogP contribution in [0.2, 0.25) is 0 Å². The predicted octanol–water partition coefficient (Wildman–Crippen LogP) is 0.873. The van der Waals surface area contributed by atoms with Crippen LogP contribution in [0.1, 0.15) is 46.0 Å². The van der Waals surface area contributed by atoms with Crippen LogP contribution >= 0.6 is 0 Å². The third-order valence-electron chi connectivity index (χ3n) is 3.72. The van der Waals surface area contributed by atoms with Gasteiger partial charge < -0.3 is 16.2 Å². The standard InChI is InChI=1S/C12H22N2O3/c1-3-9-4-6-12(7-5-9,11(16)17)14-10(15)8(2)13/h8-9H,3-7,13H2,1-2H3,(H,14,15)(H,16,17)/t8-,9?,12?/m1/s1. The lowest BCUT2D eigenvalue weighted by Crippen LogP contribution is -2.59. The van der Waals surface area contributed by atoms with E-state index in [0.29, 0.717) is 18.8 Å². The van der Waals surface area contributed by atoms with E-state index in [1.54, 1.807) is 6.92 Å². The first-order valence-corrected chi connectivity index (χ1v) is 6.22. The van der Waals surface area contributed by atoms with Gasteiger partial charge in [-0.25, -0.2) is 4.79 Å². The second kappa shape index (κ2) is 5.49. The molecule has 1 atom stereocenters. The summed E-state index contributed by atoms with van der Waals surface area (Å²) in [4.78, 5) is 22.9. The zero-order chi connectivity index (χ0) is 13.1. The van der Waals surface area contributed by atoms with Crippen molar-refractivity contribution in [2.75, 3.05) is 0 Å². The monoisotopic (exact) mass is 242 g/mol. The topological polar surface area (TPSA) is 92.4 Å². The molecule has 4 N–H and O–H groups in total. The molecule has 1 rings (SSSR count). The quantitative estimate of drug-likeness (QED) is 0.682. The summed E-state index contributed by atoms with van der Waals surface area (Å²) in [5.41, 5.74) is 4.36. The second-order valence-electron chi connectivity index (χ2n) is 5.02. The molecule has 1 aliphatic carbocycles. The number of carbonyl (C=O) groups is 2. The number of hydrogen-bond donors (Lipinski definition) is 3. The third-order valence-corrected chi connectivity index (χ3v) is 3.72. The average molecular weight is 242 g/mol. The zero-order valence-corrected chi connectivity index (χ0v) is 10.5. The number of aliphatic carboxylic acids is 1. The molecule has 0 saturated heterocycles. The van der Waals surface area contributed by atoms with Gasteiger partial charge in [0, 0.05) is 0 Å². The van der Waals surface area contributed by atoms with Crippen molar-refractivity contribution in [2.24, 2.45) is 11.7 Å². The minimum Gasteiger partial charge on any atom is -0.480 e. The average Bonchev–Trinajstić information content (AvgIpc) is 2.29. The molecular weight excluding hydrogens is 220 g/mol. The first-order valence-electron chi connectivity index (χ1n) is 6.22. The molecule has 0 aliphatic heterocycles. The Morgan fingerprint density at radius 3 is 2.35 bits per heavy atom. The summed E-state index contributed by atoms with van der Waals surface area (Å²) in [5, 5.41) is 11.9. The van der Waals surface area contributed by atoms with Crippen LogP contribution < -0.4 is 11.1 Å². The largest absolute Gasteiger partial charge is 0.480 e. The minimum absolute atomic E-state index is 0.387. The van der Waals surface area contributed by atoms with Gasteiger partial charge >= 0.3 is 5.97 Å². The van der Waals surface area contributed by atoms with Crippen LogP contribution in [-0.4, -0.2) is 28.6 Å². The molecule has 0 bridgehead atoms. The van der Waals surface area contributed by atoms with Gasteiger partial charge in [0.15, 0.2) is 0 Å². The molecule has 17 heavy (non-hydrogen) atoms. The van der Waals surface area contributed by atoms with Crippen LogP contribution in [0.25, 0.3) is 0 Å². The smallest absolute Gasteiger partial charge is 0.329 e. The van der Waals surface area contributed by atoms with Crippen LogP contribution in [0.3, 0.4) is 0 Å². The molecule has 0 spiro atoms. The molecule has 1 amide bonds. The maximum Gasteiger partial charge on any atom is 0.329 e. The number of carbonyl (C=O) groups excluding carboxylic acids is 1. The summed E-state index contributed by atoms with van der Waals surface area (Å²) in [6.07, 6.45) is 3.76. The summed E-state index contributed by atoms with van der Waals surface area (Å²) in [6.45, 7) is 3.67. The lowest BCUT2D eigenvalue weighted by atomic mass is 9.75. The fourth-order valence-electron chi connectivity index (χ4n) is 2.32. The van der Waals surface area contributed by atoms with Gasteiger partial charge in [-0.15, -0.1) is 0 Å². The van der Waals surface area contributed by atoms with Crippen LogP contribution in [0.5, 0.6) is 0 Å². The summed E-state index contributed by atoms with van der Waals surface area (Å²) < 4.78 is 0. The Kier molecular flexibility index (Phi) is 4.51. The van der Waals surface area contributed by atoms with E-state index in [4.69, 9.17) is 5.73 Å². The Labute approximate surface area is 102 Å². The van der Waals surface area contributed by atoms with E-state index in [1.807, 2.05) is 0 Å². The fraction of sp³-hybridized carbons (Fsp3) is 0.833. The lowest BCUT2D eigenvalue weighted by molar-refractivity contribution is -0.149. The van der Waals surface area contributed by atoms with Crippen molar-refractivity contribution in [3.8, 4) is 0 Å². The summed E-state index contributed by atoms with van der Waals surface area (Å²) in [6, 6.07) is -0.671. The van der Waals surface area contributed by atoms with Crippen molar-refractivity contribution in [3.05, 3.63) is 0 Å². The number of amides is 1. The van der Waals surface area contributed by atoms with Gasteiger partial charge in [-0.1, -0.05) is 13.3 Å². The van der Waals surface area contributed by atoms with Crippen molar-refractivity contribution < 1.29 is 14.7 Å². The highest BCUT2D eigenvalue weighted by Gasteiger charge is 2.43. The minimum atomic E-state index is -1.10. The third kappa shape index (κ3) is 3.19. The first kappa shape index (κ1) is 14.0. The van der Waals surface area contributed by atoms with Gasteiger partial charge in [-0.05, 0) is 38.5 Å². The predicted molar refractivity (Wildman–Crippen MR) is 64.4 cm³/mol. The van der Waals surface area contributed by atoms with Crippen LogP contribution in [-0.2, 0) is 9.59 Å². The number of nitrogens with two attached hydrogens (primary N) is 1. The SMILES string of the molecule is CCC1CCC(NC(=O)[C@@H](C)N)(C(=O)O)CC1. The number of carboxylic acid groups (broad SMARTS) is 1. The molecule has 5 heteroatoms. The van der Waals surface area contributed by atoms with Gasteiger partial charge in [0.25, 0.3) is 0 Å². The second-order valence-corrected chi connectivity index (χ2v) is 5.02. The maximum absolute atomic E-state index is 11.6. The molecule has 0 unspecified atom stereocenters. The van der Waals surface area contributed by atoms with Gasteiger partial charge in [0.1, 0.15) is 5.54 Å². The van der Waals surface area contributed by atoms with E-state index in [9.17, 15) is 14.7 Å². The Morgan fingerprint density at radius 2 is 2.00 bits per heavy atom. The molecule has 0 aromatic heterocycles. The fourth-order valence-corrected chi connectivity index (χ4v) is 2.32. The molecule has 5 nitrogen and oxygen atoms in total. The van der Waals surface area contributed by atoms with Crippen molar-refractivity contribution in [3.63, 3.8) is 0 Å². The van der Waals surface area contributed by atoms with Crippen molar-refractivity contribution in [2.45, 2.75) is 57.5 Å². The highest BCUT2D eigenvalue weighted by atomic mass is 16.4. The van der Waals surface area contributed by atoms with Gasteiger partial charge in [0.05, 0.1) is 6.04 Å². The number of rotatable bonds is 4. The maximum atomic E-state index is 11.6. The Morgan fingerprint density at radius 1 is 1.47 bits per heavy atom. The molecule has 1 aliphatic rings. The normalized spacial score (nSPS) is 30.6. The highest BCUT2D eigenvalue weighted by molar-refractivity contribution is 5.89. The van der Waals surface area contributed by atoms with E-state index in [1.165, 1.54) is 0 Å². The first-order chi connectivity index (χ1) is 7.91. The Hall–Kier alpha value is -1.10. The van der Waals surface area contributed by atoms with Gasteiger partial charge in [0.2, 0.25) is 5.91 Å². The molecule has 1 saturated carbocycles. The molecular formula is C12H22N2O3. The Balaban J connectivity index is 2.72. The molecule has 0 radical (unpaired) electrons. The van der Waals surface area contributed by atoms with Crippen molar-refractivity contribution in [1.29, 1.82) is 0 Å². The number of nitrogens with one attached hydrogen (secondary N) is 1. The lowest BCUT2D eigenvalue weighted by Gasteiger charge is -2.37. The molecule has 98 valence electrons. The molecule has 0 aromatic rings. The van der Waals surface area contributed by atoms with Crippen LogP contribution in [0.4, 0.5) is 0 Å². The van der Waals surface area contributed by atoms with E-state index < -0.39 is 17.6 Å². The van der Waals surface area contributed by atoms with E-state index in [2.05, 4.69) is 12.2 Å². The van der Waals surface area contributed by atoms with Crippen molar-refractivity contribution >= 4 is 11.9 Å². The number of carboxylic acids is 1. The van der Waals surface area contributed by atoms with Gasteiger partial charge in [-0.3, -0.25) is 4.79 Å². The van der Waals surface area contributed by atoms with Crippen LogP contribution in [0.15, 0.2) is 0 Å². The summed E-state index contributed by atoms with van der Waals surface area (Å²) in [7, 11) is 0. The Bertz CT molecular complexity index is 294. The van der Waals surface area contributed by atoms with E-state index in [-0.39, 0.29) is 5.91 Å². The molecule has 0 aromatic carbocycles. The van der Waals surface area contributed by atoms with E-state index >= 15 is 0 Å². The summed E-state index contributed by atoms with van der Waals surface area (Å²) in [5.74, 6) is -0.752.